The molecule has 0 aliphatic carbocycles. The van der Waals surface area contributed by atoms with Gasteiger partial charge in [0.2, 0.25) is 0 Å². The van der Waals surface area contributed by atoms with Crippen LogP contribution in [0.3, 0.4) is 0 Å². The van der Waals surface area contributed by atoms with Gasteiger partial charge in [-0.05, 0) is 42.0 Å². The van der Waals surface area contributed by atoms with E-state index in [1.807, 2.05) is 0 Å². The van der Waals surface area contributed by atoms with Gasteiger partial charge in [-0.3, -0.25) is 4.40 Å². The monoisotopic (exact) mass is 308 g/mol. The number of rotatable bonds is 0. The van der Waals surface area contributed by atoms with Crippen LogP contribution in [0.25, 0.3) is 49.3 Å². The van der Waals surface area contributed by atoms with Crippen LogP contribution in [0.5, 0.6) is 0 Å². The van der Waals surface area contributed by atoms with Gasteiger partial charge in [0.1, 0.15) is 12.0 Å². The number of nitrogens with zero attached hydrogens (tertiary/aromatic N) is 4. The SMILES string of the molecule is Cc1nc2c3cc4ccccc4cc3c3ncnc4ccc1n2c43. The number of pyridine rings is 2. The Morgan fingerprint density at radius 3 is 2.50 bits per heavy atom. The molecule has 0 aliphatic rings. The molecular formula is C20H12N4. The number of fused-ring (bicyclic) bond motifs is 4. The van der Waals surface area contributed by atoms with Crippen LogP contribution in [0.4, 0.5) is 0 Å². The summed E-state index contributed by atoms with van der Waals surface area (Å²) in [4.78, 5) is 13.9. The van der Waals surface area contributed by atoms with E-state index in [1.165, 1.54) is 10.8 Å². The Labute approximate surface area is 136 Å². The summed E-state index contributed by atoms with van der Waals surface area (Å²) in [5, 5.41) is 4.70. The highest BCUT2D eigenvalue weighted by atomic mass is 15.0. The first-order valence-corrected chi connectivity index (χ1v) is 7.97. The smallest absolute Gasteiger partial charge is 0.146 e. The minimum atomic E-state index is 0.949. The highest BCUT2D eigenvalue weighted by Crippen LogP contribution is 2.35. The predicted octanol–water partition coefficient (Wildman–Crippen LogP) is 4.48. The lowest BCUT2D eigenvalue weighted by Gasteiger charge is -2.11. The lowest BCUT2D eigenvalue weighted by Crippen LogP contribution is -1.97. The molecule has 0 fully saturated rings. The Bertz CT molecular complexity index is 1410. The van der Waals surface area contributed by atoms with Crippen LogP contribution in [-0.4, -0.2) is 19.4 Å². The van der Waals surface area contributed by atoms with Gasteiger partial charge in [-0.15, -0.1) is 0 Å². The molecule has 4 nitrogen and oxygen atoms in total. The third kappa shape index (κ3) is 1.32. The van der Waals surface area contributed by atoms with Gasteiger partial charge in [0.15, 0.2) is 0 Å². The van der Waals surface area contributed by atoms with Crippen molar-refractivity contribution in [1.29, 1.82) is 0 Å². The average Bonchev–Trinajstić information content (AvgIpc) is 2.97. The van der Waals surface area contributed by atoms with Crippen LogP contribution < -0.4 is 0 Å². The molecule has 4 heterocycles. The lowest BCUT2D eigenvalue weighted by atomic mass is 10.0. The first kappa shape index (κ1) is 12.2. The summed E-state index contributed by atoms with van der Waals surface area (Å²) in [5.74, 6) is 0. The standard InChI is InChI=1S/C20H12N4/c1-11-17-7-6-16-19-18(22-10-21-16)14-8-12-4-2-3-5-13(12)9-15(14)20(23-11)24(17)19/h2-10H,1H3. The van der Waals surface area contributed by atoms with Crippen LogP contribution >= 0.6 is 0 Å². The second-order valence-corrected chi connectivity index (χ2v) is 6.28. The van der Waals surface area contributed by atoms with Crippen molar-refractivity contribution in [1.82, 2.24) is 19.4 Å². The lowest BCUT2D eigenvalue weighted by molar-refractivity contribution is 1.22. The van der Waals surface area contributed by atoms with Crippen molar-refractivity contribution < 1.29 is 0 Å². The number of imidazole rings is 1. The Hall–Kier alpha value is -3.27. The molecule has 0 radical (unpaired) electrons. The third-order valence-electron chi connectivity index (χ3n) is 4.95. The van der Waals surface area contributed by atoms with Crippen LogP contribution in [0.1, 0.15) is 5.69 Å². The molecule has 0 bridgehead atoms. The van der Waals surface area contributed by atoms with E-state index in [-0.39, 0.29) is 0 Å². The van der Waals surface area contributed by atoms with E-state index in [2.05, 4.69) is 69.8 Å². The first-order chi connectivity index (χ1) is 11.8. The molecule has 4 aromatic heterocycles. The summed E-state index contributed by atoms with van der Waals surface area (Å²) in [5.41, 5.74) is 6.11. The summed E-state index contributed by atoms with van der Waals surface area (Å²) < 4.78 is 2.21. The fourth-order valence-corrected chi connectivity index (χ4v) is 3.86. The second kappa shape index (κ2) is 3.97. The van der Waals surface area contributed by atoms with E-state index in [1.54, 1.807) is 6.33 Å². The van der Waals surface area contributed by atoms with E-state index in [4.69, 9.17) is 4.98 Å². The number of aryl methyl sites for hydroxylation is 1. The number of hydrogen-bond acceptors (Lipinski definition) is 3. The molecule has 0 unspecified atom stereocenters. The zero-order valence-corrected chi connectivity index (χ0v) is 13.0. The molecule has 6 aromatic rings. The van der Waals surface area contributed by atoms with Gasteiger partial charge in [-0.2, -0.15) is 0 Å². The van der Waals surface area contributed by atoms with E-state index in [9.17, 15) is 0 Å². The molecule has 0 N–H and O–H groups in total. The Balaban J connectivity index is 2.06. The van der Waals surface area contributed by atoms with Gasteiger partial charge < -0.3 is 0 Å². The van der Waals surface area contributed by atoms with E-state index < -0.39 is 0 Å². The minimum Gasteiger partial charge on any atom is -0.288 e. The van der Waals surface area contributed by atoms with Crippen LogP contribution in [-0.2, 0) is 0 Å². The maximum absolute atomic E-state index is 4.86. The Kier molecular flexibility index (Phi) is 2.02. The molecule has 4 heteroatoms. The van der Waals surface area contributed by atoms with Crippen molar-refractivity contribution >= 4 is 49.3 Å². The van der Waals surface area contributed by atoms with Gasteiger partial charge in [0.05, 0.1) is 27.8 Å². The van der Waals surface area contributed by atoms with E-state index in [0.29, 0.717) is 0 Å². The van der Waals surface area contributed by atoms with Gasteiger partial charge >= 0.3 is 0 Å². The van der Waals surface area contributed by atoms with Crippen LogP contribution in [0.2, 0.25) is 0 Å². The maximum atomic E-state index is 4.86. The Morgan fingerprint density at radius 1 is 0.875 bits per heavy atom. The van der Waals surface area contributed by atoms with Crippen molar-refractivity contribution in [2.45, 2.75) is 6.92 Å². The largest absolute Gasteiger partial charge is 0.288 e. The van der Waals surface area contributed by atoms with Crippen LogP contribution in [0.15, 0.2) is 54.9 Å². The van der Waals surface area contributed by atoms with Crippen molar-refractivity contribution in [3.8, 4) is 0 Å². The minimum absolute atomic E-state index is 0.949. The quantitative estimate of drug-likeness (QED) is 0.307. The molecule has 2 aromatic carbocycles. The molecule has 6 rings (SSSR count). The van der Waals surface area contributed by atoms with E-state index >= 15 is 0 Å². The first-order valence-electron chi connectivity index (χ1n) is 7.97. The van der Waals surface area contributed by atoms with Crippen molar-refractivity contribution in [2.75, 3.05) is 0 Å². The highest BCUT2D eigenvalue weighted by molar-refractivity contribution is 6.18. The number of hydrogen-bond donors (Lipinski definition) is 0. The van der Waals surface area contributed by atoms with Gasteiger partial charge in [0, 0.05) is 10.8 Å². The molecule has 0 spiro atoms. The molecule has 0 atom stereocenters. The predicted molar refractivity (Wildman–Crippen MR) is 96.7 cm³/mol. The topological polar surface area (TPSA) is 43.1 Å². The fraction of sp³-hybridized carbons (Fsp3) is 0.0500. The third-order valence-corrected chi connectivity index (χ3v) is 4.95. The van der Waals surface area contributed by atoms with Crippen molar-refractivity contribution in [3.05, 3.63) is 60.6 Å². The maximum Gasteiger partial charge on any atom is 0.146 e. The zero-order chi connectivity index (χ0) is 15.8. The van der Waals surface area contributed by atoms with Gasteiger partial charge in [0.25, 0.3) is 0 Å². The molecule has 24 heavy (non-hydrogen) atoms. The van der Waals surface area contributed by atoms with Crippen LogP contribution in [0, 0.1) is 6.92 Å². The van der Waals surface area contributed by atoms with Crippen molar-refractivity contribution in [2.24, 2.45) is 0 Å². The average molecular weight is 308 g/mol. The number of aromatic nitrogens is 4. The molecule has 0 saturated carbocycles. The summed E-state index contributed by atoms with van der Waals surface area (Å²) in [6.07, 6.45) is 1.65. The Morgan fingerprint density at radius 2 is 1.67 bits per heavy atom. The number of benzene rings is 2. The van der Waals surface area contributed by atoms with Gasteiger partial charge in [-0.25, -0.2) is 15.0 Å². The summed E-state index contributed by atoms with van der Waals surface area (Å²) >= 11 is 0. The summed E-state index contributed by atoms with van der Waals surface area (Å²) in [6.45, 7) is 2.06. The van der Waals surface area contributed by atoms with E-state index in [0.717, 1.165) is 44.2 Å². The van der Waals surface area contributed by atoms with Gasteiger partial charge in [-0.1, -0.05) is 24.3 Å². The summed E-state index contributed by atoms with van der Waals surface area (Å²) in [6, 6.07) is 17.0. The molecule has 0 aliphatic heterocycles. The molecule has 0 saturated heterocycles. The molecular weight excluding hydrogens is 296 g/mol. The second-order valence-electron chi connectivity index (χ2n) is 6.28. The molecule has 0 amide bonds. The zero-order valence-electron chi connectivity index (χ0n) is 13.0. The summed E-state index contributed by atoms with van der Waals surface area (Å²) in [7, 11) is 0. The van der Waals surface area contributed by atoms with Crippen molar-refractivity contribution in [3.63, 3.8) is 0 Å². The fourth-order valence-electron chi connectivity index (χ4n) is 3.86. The highest BCUT2D eigenvalue weighted by Gasteiger charge is 2.17. The normalized spacial score (nSPS) is 12.4. The molecule has 112 valence electrons.